The molecule has 1 aromatic heterocycles. The first-order valence-electron chi connectivity index (χ1n) is 5.42. The van der Waals surface area contributed by atoms with Crippen LogP contribution in [0.25, 0.3) is 0 Å². The van der Waals surface area contributed by atoms with Crippen LogP contribution in [0.2, 0.25) is 5.02 Å². The average molecular weight is 304 g/mol. The number of aryl methyl sites for hydroxylation is 1. The van der Waals surface area contributed by atoms with E-state index in [4.69, 9.17) is 11.6 Å². The molecule has 0 fully saturated rings. The van der Waals surface area contributed by atoms with Gasteiger partial charge in [0.1, 0.15) is 0 Å². The van der Waals surface area contributed by atoms with E-state index in [1.54, 1.807) is 18.2 Å². The highest BCUT2D eigenvalue weighted by molar-refractivity contribution is 7.10. The van der Waals surface area contributed by atoms with Crippen molar-refractivity contribution in [3.63, 3.8) is 0 Å². The Labute approximate surface area is 135 Å². The molecule has 19 heavy (non-hydrogen) atoms. The number of benzene rings is 1. The van der Waals surface area contributed by atoms with Gasteiger partial charge in [-0.1, -0.05) is 11.6 Å². The summed E-state index contributed by atoms with van der Waals surface area (Å²) in [4.78, 5) is 12.8. The van der Waals surface area contributed by atoms with E-state index in [0.29, 0.717) is 21.2 Å². The maximum atomic E-state index is 12.1. The van der Waals surface area contributed by atoms with E-state index in [1.807, 2.05) is 18.4 Å². The Morgan fingerprint density at radius 2 is 2.11 bits per heavy atom. The minimum atomic E-state index is -1.63. The monoisotopic (exact) mass is 303 g/mol. The Morgan fingerprint density at radius 3 is 2.74 bits per heavy atom. The Hall–Kier alpha value is -0.594. The summed E-state index contributed by atoms with van der Waals surface area (Å²) in [7, 11) is 0. The summed E-state index contributed by atoms with van der Waals surface area (Å²) < 4.78 is 0. The van der Waals surface area contributed by atoms with Gasteiger partial charge in [-0.05, 0) is 42.1 Å². The third kappa shape index (κ3) is 2.10. The molecule has 3 rings (SSSR count). The summed E-state index contributed by atoms with van der Waals surface area (Å²) >= 11 is 7.32. The van der Waals surface area contributed by atoms with Crippen LogP contribution >= 0.6 is 22.9 Å². The zero-order valence-electron chi connectivity index (χ0n) is 10.2. The van der Waals surface area contributed by atoms with Crippen molar-refractivity contribution in [3.8, 4) is 0 Å². The molecule has 0 saturated carbocycles. The number of rotatable bonds is 1. The molecular weight excluding hydrogens is 294 g/mol. The molecule has 1 aromatic carbocycles. The molecule has 1 aliphatic rings. The van der Waals surface area contributed by atoms with E-state index in [1.165, 1.54) is 11.3 Å². The van der Waals surface area contributed by atoms with E-state index in [0.717, 1.165) is 5.56 Å². The third-order valence-corrected chi connectivity index (χ3v) is 4.50. The van der Waals surface area contributed by atoms with Gasteiger partial charge in [-0.25, -0.2) is 0 Å². The highest BCUT2D eigenvalue weighted by Crippen LogP contribution is 2.44. The maximum absolute atomic E-state index is 12.1. The molecule has 0 spiro atoms. The molecule has 1 aliphatic heterocycles. The van der Waals surface area contributed by atoms with Gasteiger partial charge in [0.2, 0.25) is 5.60 Å². The Kier molecular flexibility index (Phi) is 3.95. The van der Waals surface area contributed by atoms with E-state index < -0.39 is 11.5 Å². The van der Waals surface area contributed by atoms with Crippen molar-refractivity contribution in [1.29, 1.82) is 0 Å². The number of halogens is 1. The molecule has 2 N–H and O–H groups in total. The molecule has 0 saturated heterocycles. The summed E-state index contributed by atoms with van der Waals surface area (Å²) in [5, 5.41) is 15.9. The topological polar surface area (TPSA) is 49.3 Å². The predicted octanol–water partition coefficient (Wildman–Crippen LogP) is 2.52. The number of amides is 1. The van der Waals surface area contributed by atoms with Gasteiger partial charge >= 0.3 is 0 Å². The van der Waals surface area contributed by atoms with Crippen LogP contribution in [0.5, 0.6) is 0 Å². The van der Waals surface area contributed by atoms with Gasteiger partial charge in [0.25, 0.3) is 5.91 Å². The lowest BCUT2D eigenvalue weighted by molar-refractivity contribution is -0.129. The van der Waals surface area contributed by atoms with E-state index in [-0.39, 0.29) is 23.1 Å². The van der Waals surface area contributed by atoms with Crippen molar-refractivity contribution in [2.75, 3.05) is 5.32 Å². The summed E-state index contributed by atoms with van der Waals surface area (Å²) in [6.07, 6.45) is 0. The third-order valence-electron chi connectivity index (χ3n) is 3.14. The minimum Gasteiger partial charge on any atom is -0.371 e. The smallest absolute Gasteiger partial charge is 0.266 e. The molecule has 1 atom stereocenters. The summed E-state index contributed by atoms with van der Waals surface area (Å²) in [5.41, 5.74) is 0.397. The number of anilines is 1. The number of hydrogen-bond donors (Lipinski definition) is 2. The number of fused-ring (bicyclic) bond motifs is 1. The minimum absolute atomic E-state index is 0. The quantitative estimate of drug-likeness (QED) is 0.795. The number of hydrogen-bond acceptors (Lipinski definition) is 3. The fraction of sp³-hybridized carbons (Fsp3) is 0.154. The lowest BCUT2D eigenvalue weighted by Crippen LogP contribution is -2.35. The van der Waals surface area contributed by atoms with Crippen molar-refractivity contribution in [2.24, 2.45) is 0 Å². The lowest BCUT2D eigenvalue weighted by Gasteiger charge is -2.20. The molecule has 2 heterocycles. The normalized spacial score (nSPS) is 20.7. The van der Waals surface area contributed by atoms with Gasteiger partial charge in [-0.3, -0.25) is 4.79 Å². The van der Waals surface area contributed by atoms with Crippen LogP contribution in [-0.2, 0) is 10.4 Å². The van der Waals surface area contributed by atoms with Gasteiger partial charge in [0.05, 0.1) is 4.88 Å². The van der Waals surface area contributed by atoms with Crippen LogP contribution in [0, 0.1) is 6.92 Å². The molecular formula is C13H10ClMgNO2S. The summed E-state index contributed by atoms with van der Waals surface area (Å²) in [6, 6.07) is 6.91. The van der Waals surface area contributed by atoms with Crippen molar-refractivity contribution < 1.29 is 9.90 Å². The highest BCUT2D eigenvalue weighted by Gasteiger charge is 2.48. The largest absolute Gasteiger partial charge is 0.371 e. The second-order valence-electron chi connectivity index (χ2n) is 4.29. The second-order valence-corrected chi connectivity index (χ2v) is 5.64. The number of carbonyl (C=O) groups excluding carboxylic acids is 1. The van der Waals surface area contributed by atoms with E-state index in [2.05, 4.69) is 5.32 Å². The zero-order valence-corrected chi connectivity index (χ0v) is 13.2. The van der Waals surface area contributed by atoms with Crippen LogP contribution in [0.4, 0.5) is 5.69 Å². The molecule has 0 aliphatic carbocycles. The van der Waals surface area contributed by atoms with Crippen molar-refractivity contribution >= 4 is 57.6 Å². The maximum Gasteiger partial charge on any atom is 0.266 e. The van der Waals surface area contributed by atoms with Gasteiger partial charge in [0, 0.05) is 39.3 Å². The Bertz CT molecular complexity index is 658. The Balaban J connectivity index is 0.00000133. The molecule has 0 bridgehead atoms. The lowest BCUT2D eigenvalue weighted by atomic mass is 9.92. The number of nitrogens with one attached hydrogen (secondary N) is 1. The van der Waals surface area contributed by atoms with Crippen molar-refractivity contribution in [2.45, 2.75) is 12.5 Å². The first-order chi connectivity index (χ1) is 8.53. The van der Waals surface area contributed by atoms with E-state index in [9.17, 15) is 9.90 Å². The average Bonchev–Trinajstić information content (AvgIpc) is 2.85. The van der Waals surface area contributed by atoms with Gasteiger partial charge in [-0.2, -0.15) is 0 Å². The van der Waals surface area contributed by atoms with Crippen LogP contribution in [0.3, 0.4) is 0 Å². The SMILES string of the molecule is Cc1ccsc1C1(O)C(=O)Nc2ccc(Cl)cc21.[Mg]. The first kappa shape index (κ1) is 14.8. The van der Waals surface area contributed by atoms with Crippen LogP contribution in [-0.4, -0.2) is 34.1 Å². The standard InChI is InChI=1S/C13H10ClNO2S.Mg/c1-7-4-5-18-11(7)13(17)9-6-8(14)2-3-10(9)15-12(13)16;/h2-6,17H,1H3,(H,15,16);. The van der Waals surface area contributed by atoms with E-state index >= 15 is 0 Å². The van der Waals surface area contributed by atoms with Crippen LogP contribution < -0.4 is 5.32 Å². The molecule has 1 unspecified atom stereocenters. The van der Waals surface area contributed by atoms with Crippen LogP contribution in [0.15, 0.2) is 29.6 Å². The fourth-order valence-corrected chi connectivity index (χ4v) is 3.44. The zero-order chi connectivity index (χ0) is 12.9. The van der Waals surface area contributed by atoms with Crippen molar-refractivity contribution in [1.82, 2.24) is 0 Å². The fourth-order valence-electron chi connectivity index (χ4n) is 2.23. The number of aliphatic hydroxyl groups is 1. The van der Waals surface area contributed by atoms with Crippen molar-refractivity contribution in [3.05, 3.63) is 50.7 Å². The number of thiophene rings is 1. The number of carbonyl (C=O) groups is 1. The summed E-state index contributed by atoms with van der Waals surface area (Å²) in [6.45, 7) is 1.87. The second kappa shape index (κ2) is 5.07. The Morgan fingerprint density at radius 1 is 1.37 bits per heavy atom. The molecule has 1 amide bonds. The van der Waals surface area contributed by atoms with Gasteiger partial charge < -0.3 is 10.4 Å². The molecule has 94 valence electrons. The summed E-state index contributed by atoms with van der Waals surface area (Å²) in [5.74, 6) is -0.426. The molecule has 2 aromatic rings. The van der Waals surface area contributed by atoms with Gasteiger partial charge in [-0.15, -0.1) is 11.3 Å². The van der Waals surface area contributed by atoms with Crippen LogP contribution in [0.1, 0.15) is 16.0 Å². The molecule has 2 radical (unpaired) electrons. The predicted molar refractivity (Wildman–Crippen MR) is 77.9 cm³/mol. The molecule has 3 nitrogen and oxygen atoms in total. The van der Waals surface area contributed by atoms with Gasteiger partial charge in [0.15, 0.2) is 0 Å². The highest BCUT2D eigenvalue weighted by atomic mass is 35.5. The first-order valence-corrected chi connectivity index (χ1v) is 6.67. The molecule has 6 heteroatoms.